The van der Waals surface area contributed by atoms with E-state index < -0.39 is 0 Å². The van der Waals surface area contributed by atoms with Crippen LogP contribution in [0.5, 0.6) is 17.2 Å². The van der Waals surface area contributed by atoms with Crippen molar-refractivity contribution >= 4 is 11.6 Å². The van der Waals surface area contributed by atoms with Gasteiger partial charge in [-0.2, -0.15) is 5.26 Å². The first-order valence-electron chi connectivity index (χ1n) is 4.87. The van der Waals surface area contributed by atoms with Crippen LogP contribution >= 0.6 is 11.6 Å². The van der Waals surface area contributed by atoms with Crippen LogP contribution in [0.4, 0.5) is 0 Å². The molecule has 0 bridgehead atoms. The van der Waals surface area contributed by atoms with Gasteiger partial charge in [0.1, 0.15) is 17.4 Å². The second-order valence-electron chi connectivity index (χ2n) is 3.29. The molecule has 0 aromatic heterocycles. The van der Waals surface area contributed by atoms with E-state index in [0.29, 0.717) is 10.8 Å². The number of phenolic OH excluding ortho intramolecular Hbond substituents is 1. The number of ether oxygens (including phenoxy) is 1. The number of benzene rings is 2. The first-order chi connectivity index (χ1) is 8.22. The van der Waals surface area contributed by atoms with Crippen molar-refractivity contribution in [1.82, 2.24) is 0 Å². The van der Waals surface area contributed by atoms with Crippen molar-refractivity contribution in [2.75, 3.05) is 0 Å². The number of hydrogen-bond donors (Lipinski definition) is 1. The van der Waals surface area contributed by atoms with E-state index in [9.17, 15) is 5.11 Å². The zero-order chi connectivity index (χ0) is 12.3. The highest BCUT2D eigenvalue weighted by Gasteiger charge is 2.10. The van der Waals surface area contributed by atoms with E-state index in [0.717, 1.165) is 0 Å². The summed E-state index contributed by atoms with van der Waals surface area (Å²) in [6.45, 7) is 0. The highest BCUT2D eigenvalue weighted by atomic mass is 35.5. The van der Waals surface area contributed by atoms with Crippen molar-refractivity contribution in [3.63, 3.8) is 0 Å². The van der Waals surface area contributed by atoms with Crippen molar-refractivity contribution in [1.29, 1.82) is 5.26 Å². The molecule has 0 spiro atoms. The van der Waals surface area contributed by atoms with Crippen LogP contribution < -0.4 is 4.74 Å². The lowest BCUT2D eigenvalue weighted by Gasteiger charge is -2.09. The van der Waals surface area contributed by atoms with Crippen LogP contribution in [-0.4, -0.2) is 5.11 Å². The summed E-state index contributed by atoms with van der Waals surface area (Å²) in [7, 11) is 0. The Morgan fingerprint density at radius 3 is 2.47 bits per heavy atom. The molecule has 0 aliphatic heterocycles. The SMILES string of the molecule is N#Cc1c(Cl)cccc1Oc1ccccc1O. The van der Waals surface area contributed by atoms with Gasteiger partial charge in [0.05, 0.1) is 5.02 Å². The molecular weight excluding hydrogens is 238 g/mol. The Bertz CT molecular complexity index is 590. The fourth-order valence-electron chi connectivity index (χ4n) is 1.36. The quantitative estimate of drug-likeness (QED) is 0.878. The number of nitrogens with zero attached hydrogens (tertiary/aromatic N) is 1. The number of aromatic hydroxyl groups is 1. The van der Waals surface area contributed by atoms with Gasteiger partial charge in [0.15, 0.2) is 11.5 Å². The zero-order valence-corrected chi connectivity index (χ0v) is 9.48. The van der Waals surface area contributed by atoms with Gasteiger partial charge in [0.2, 0.25) is 0 Å². The van der Waals surface area contributed by atoms with E-state index in [1.807, 2.05) is 6.07 Å². The van der Waals surface area contributed by atoms with Gasteiger partial charge in [-0.15, -0.1) is 0 Å². The van der Waals surface area contributed by atoms with E-state index in [2.05, 4.69) is 0 Å². The molecule has 2 aromatic carbocycles. The minimum Gasteiger partial charge on any atom is -0.504 e. The molecule has 0 unspecified atom stereocenters. The number of phenols is 1. The monoisotopic (exact) mass is 245 g/mol. The van der Waals surface area contributed by atoms with Gasteiger partial charge in [0.25, 0.3) is 0 Å². The predicted molar refractivity (Wildman–Crippen MR) is 64.3 cm³/mol. The summed E-state index contributed by atoms with van der Waals surface area (Å²) < 4.78 is 5.46. The number of hydrogen-bond acceptors (Lipinski definition) is 3. The Hall–Kier alpha value is -2.18. The maximum Gasteiger partial charge on any atom is 0.169 e. The Morgan fingerprint density at radius 1 is 1.06 bits per heavy atom. The largest absolute Gasteiger partial charge is 0.504 e. The molecule has 3 nitrogen and oxygen atoms in total. The summed E-state index contributed by atoms with van der Waals surface area (Å²) in [5.74, 6) is 0.615. The van der Waals surface area contributed by atoms with Gasteiger partial charge >= 0.3 is 0 Å². The Labute approximate surface area is 103 Å². The number of nitriles is 1. The van der Waals surface area contributed by atoms with Crippen molar-refractivity contribution < 1.29 is 9.84 Å². The molecule has 1 N–H and O–H groups in total. The van der Waals surface area contributed by atoms with Gasteiger partial charge in [-0.1, -0.05) is 29.8 Å². The van der Waals surface area contributed by atoms with Crippen LogP contribution in [0.1, 0.15) is 5.56 Å². The van der Waals surface area contributed by atoms with Crippen LogP contribution in [0, 0.1) is 11.3 Å². The summed E-state index contributed by atoms with van der Waals surface area (Å²) in [6, 6.07) is 13.4. The third kappa shape index (κ3) is 2.32. The van der Waals surface area contributed by atoms with Crippen LogP contribution in [0.15, 0.2) is 42.5 Å². The fourth-order valence-corrected chi connectivity index (χ4v) is 1.57. The zero-order valence-electron chi connectivity index (χ0n) is 8.72. The summed E-state index contributed by atoms with van der Waals surface area (Å²) in [5, 5.41) is 18.9. The van der Waals surface area contributed by atoms with Crippen LogP contribution in [-0.2, 0) is 0 Å². The van der Waals surface area contributed by atoms with Gasteiger partial charge < -0.3 is 9.84 Å². The van der Waals surface area contributed by atoms with Crippen LogP contribution in [0.25, 0.3) is 0 Å². The predicted octanol–water partition coefficient (Wildman–Crippen LogP) is 3.71. The maximum atomic E-state index is 9.56. The lowest BCUT2D eigenvalue weighted by Crippen LogP contribution is -1.89. The van der Waals surface area contributed by atoms with Crippen molar-refractivity contribution in [3.05, 3.63) is 53.1 Å². The summed E-state index contributed by atoms with van der Waals surface area (Å²) in [5.41, 5.74) is 0.248. The van der Waals surface area contributed by atoms with Gasteiger partial charge in [-0.25, -0.2) is 0 Å². The van der Waals surface area contributed by atoms with E-state index in [-0.39, 0.29) is 17.1 Å². The summed E-state index contributed by atoms with van der Waals surface area (Å²) >= 11 is 5.87. The lowest BCUT2D eigenvalue weighted by molar-refractivity contribution is 0.411. The van der Waals surface area contributed by atoms with Crippen LogP contribution in [0.3, 0.4) is 0 Å². The molecule has 0 amide bonds. The van der Waals surface area contributed by atoms with Gasteiger partial charge in [0, 0.05) is 0 Å². The Morgan fingerprint density at radius 2 is 1.76 bits per heavy atom. The average Bonchev–Trinajstić information content (AvgIpc) is 2.32. The molecule has 2 aromatic rings. The first-order valence-corrected chi connectivity index (χ1v) is 5.24. The molecule has 0 radical (unpaired) electrons. The molecule has 0 saturated heterocycles. The fraction of sp³-hybridized carbons (Fsp3) is 0. The highest BCUT2D eigenvalue weighted by molar-refractivity contribution is 6.31. The van der Waals surface area contributed by atoms with Crippen molar-refractivity contribution in [3.8, 4) is 23.3 Å². The number of halogens is 1. The molecule has 17 heavy (non-hydrogen) atoms. The van der Waals surface area contributed by atoms with Crippen molar-refractivity contribution in [2.45, 2.75) is 0 Å². The smallest absolute Gasteiger partial charge is 0.169 e. The van der Waals surface area contributed by atoms with E-state index in [1.54, 1.807) is 36.4 Å². The lowest BCUT2D eigenvalue weighted by atomic mass is 10.2. The second-order valence-corrected chi connectivity index (χ2v) is 3.70. The molecule has 84 valence electrons. The topological polar surface area (TPSA) is 53.2 Å². The number of rotatable bonds is 2. The van der Waals surface area contributed by atoms with Gasteiger partial charge in [-0.3, -0.25) is 0 Å². The summed E-state index contributed by atoms with van der Waals surface area (Å²) in [6.07, 6.45) is 0. The average molecular weight is 246 g/mol. The molecule has 2 rings (SSSR count). The van der Waals surface area contributed by atoms with E-state index >= 15 is 0 Å². The second kappa shape index (κ2) is 4.77. The Balaban J connectivity index is 2.41. The van der Waals surface area contributed by atoms with E-state index in [1.165, 1.54) is 6.07 Å². The normalized spacial score (nSPS) is 9.65. The molecule has 0 atom stereocenters. The molecule has 0 saturated carbocycles. The Kier molecular flexibility index (Phi) is 3.17. The standard InChI is InChI=1S/C13H8ClNO2/c14-10-4-3-7-12(9(10)8-15)17-13-6-2-1-5-11(13)16/h1-7,16H. The van der Waals surface area contributed by atoms with Crippen molar-refractivity contribution in [2.24, 2.45) is 0 Å². The highest BCUT2D eigenvalue weighted by Crippen LogP contribution is 2.33. The molecule has 0 heterocycles. The van der Waals surface area contributed by atoms with Crippen LogP contribution in [0.2, 0.25) is 5.02 Å². The third-order valence-corrected chi connectivity index (χ3v) is 2.49. The third-order valence-electron chi connectivity index (χ3n) is 2.17. The minimum atomic E-state index is 0.0105. The van der Waals surface area contributed by atoms with E-state index in [4.69, 9.17) is 21.6 Å². The molecular formula is C13H8ClNO2. The number of para-hydroxylation sites is 2. The maximum absolute atomic E-state index is 9.56. The molecule has 4 heteroatoms. The summed E-state index contributed by atoms with van der Waals surface area (Å²) in [4.78, 5) is 0. The minimum absolute atomic E-state index is 0.0105. The molecule has 0 aliphatic rings. The molecule has 0 aliphatic carbocycles. The first kappa shape index (κ1) is 11.3. The van der Waals surface area contributed by atoms with Gasteiger partial charge in [-0.05, 0) is 24.3 Å². The molecule has 0 fully saturated rings.